The third-order valence-corrected chi connectivity index (χ3v) is 7.54. The van der Waals surface area contributed by atoms with E-state index in [0.29, 0.717) is 48.9 Å². The van der Waals surface area contributed by atoms with Crippen molar-refractivity contribution in [1.82, 2.24) is 4.31 Å². The molecule has 1 saturated heterocycles. The minimum absolute atomic E-state index is 0.0497. The van der Waals surface area contributed by atoms with E-state index >= 15 is 0 Å². The van der Waals surface area contributed by atoms with Crippen molar-refractivity contribution in [2.75, 3.05) is 39.2 Å². The van der Waals surface area contributed by atoms with Crippen molar-refractivity contribution in [3.8, 4) is 17.2 Å². The summed E-state index contributed by atoms with van der Waals surface area (Å²) in [6, 6.07) is 7.95. The van der Waals surface area contributed by atoms with E-state index in [1.165, 1.54) is 24.6 Å². The molecule has 9 heteroatoms. The number of ether oxygens (including phenoxy) is 3. The number of amides is 1. The first-order chi connectivity index (χ1) is 16.3. The molecule has 0 atom stereocenters. The molecular weight excluding hydrogens is 456 g/mol. The number of hydrogen-bond acceptors (Lipinski definition) is 6. The Morgan fingerprint density at radius 3 is 2.44 bits per heavy atom. The summed E-state index contributed by atoms with van der Waals surface area (Å²) in [4.78, 5) is 13.1. The molecule has 1 aliphatic heterocycles. The van der Waals surface area contributed by atoms with Gasteiger partial charge in [0.1, 0.15) is 10.6 Å². The molecule has 1 fully saturated rings. The lowest BCUT2D eigenvalue weighted by Gasteiger charge is -2.27. The van der Waals surface area contributed by atoms with Crippen LogP contribution in [-0.2, 0) is 16.4 Å². The Labute approximate surface area is 201 Å². The number of rotatable bonds is 10. The van der Waals surface area contributed by atoms with Crippen LogP contribution < -0.4 is 19.5 Å². The number of carbonyl (C=O) groups excluding carboxylic acids is 1. The van der Waals surface area contributed by atoms with E-state index in [1.807, 2.05) is 0 Å². The van der Waals surface area contributed by atoms with Gasteiger partial charge in [-0.25, -0.2) is 8.42 Å². The minimum Gasteiger partial charge on any atom is -0.493 e. The topological polar surface area (TPSA) is 94.2 Å². The lowest BCUT2D eigenvalue weighted by atomic mass is 10.0. The van der Waals surface area contributed by atoms with Gasteiger partial charge in [0, 0.05) is 29.9 Å². The molecule has 0 spiro atoms. The molecule has 1 aliphatic rings. The number of hydrogen-bond donors (Lipinski definition) is 1. The SMILES string of the molecule is C=CCc1cc(C(=O)Nc2ccc(OCC)c(S(=O)(=O)N3CCCCC3)c2)cc(OC)c1OC. The third kappa shape index (κ3) is 5.53. The Kier molecular flexibility index (Phi) is 8.57. The van der Waals surface area contributed by atoms with Crippen molar-refractivity contribution < 1.29 is 27.4 Å². The molecule has 0 aliphatic carbocycles. The highest BCUT2D eigenvalue weighted by atomic mass is 32.2. The van der Waals surface area contributed by atoms with E-state index < -0.39 is 15.9 Å². The van der Waals surface area contributed by atoms with Crippen molar-refractivity contribution in [3.05, 3.63) is 54.1 Å². The Morgan fingerprint density at radius 1 is 1.09 bits per heavy atom. The van der Waals surface area contributed by atoms with Crippen LogP contribution in [0, 0.1) is 0 Å². The molecule has 34 heavy (non-hydrogen) atoms. The second-order valence-electron chi connectivity index (χ2n) is 7.88. The maximum Gasteiger partial charge on any atom is 0.255 e. The van der Waals surface area contributed by atoms with Crippen LogP contribution >= 0.6 is 0 Å². The summed E-state index contributed by atoms with van der Waals surface area (Å²) in [5, 5.41) is 2.80. The van der Waals surface area contributed by atoms with Gasteiger partial charge >= 0.3 is 0 Å². The number of carbonyl (C=O) groups is 1. The van der Waals surface area contributed by atoms with E-state index in [-0.39, 0.29) is 10.6 Å². The van der Waals surface area contributed by atoms with Crippen LogP contribution in [0.25, 0.3) is 0 Å². The predicted octanol–water partition coefficient (Wildman–Crippen LogP) is 4.26. The zero-order chi connectivity index (χ0) is 24.7. The first-order valence-corrected chi connectivity index (χ1v) is 12.7. The van der Waals surface area contributed by atoms with Crippen LogP contribution in [0.2, 0.25) is 0 Å². The maximum absolute atomic E-state index is 13.4. The maximum atomic E-state index is 13.4. The lowest BCUT2D eigenvalue weighted by Crippen LogP contribution is -2.35. The Morgan fingerprint density at radius 2 is 1.82 bits per heavy atom. The highest BCUT2D eigenvalue weighted by molar-refractivity contribution is 7.89. The average Bonchev–Trinajstić information content (AvgIpc) is 2.85. The number of benzene rings is 2. The number of anilines is 1. The van der Waals surface area contributed by atoms with Gasteiger partial charge in [-0.1, -0.05) is 12.5 Å². The molecule has 184 valence electrons. The summed E-state index contributed by atoms with van der Waals surface area (Å²) >= 11 is 0. The second kappa shape index (κ2) is 11.4. The standard InChI is InChI=1S/C25H32N2O6S/c1-5-10-18-15-19(16-22(31-3)24(18)32-4)25(28)26-20-11-12-21(33-6-2)23(17-20)34(29,30)27-13-8-7-9-14-27/h5,11-12,15-17H,1,6-10,13-14H2,2-4H3,(H,26,28). The van der Waals surface area contributed by atoms with Gasteiger partial charge in [-0.2, -0.15) is 4.31 Å². The monoisotopic (exact) mass is 488 g/mol. The molecule has 0 aromatic heterocycles. The molecule has 2 aromatic carbocycles. The van der Waals surface area contributed by atoms with Crippen LogP contribution in [0.15, 0.2) is 47.9 Å². The van der Waals surface area contributed by atoms with E-state index in [1.54, 1.807) is 37.3 Å². The molecule has 0 unspecified atom stereocenters. The molecular formula is C25H32N2O6S. The molecule has 3 rings (SSSR count). The fraction of sp³-hybridized carbons (Fsp3) is 0.400. The van der Waals surface area contributed by atoms with Crippen molar-refractivity contribution in [2.45, 2.75) is 37.5 Å². The Hall–Kier alpha value is -3.04. The van der Waals surface area contributed by atoms with E-state index in [0.717, 1.165) is 24.8 Å². The molecule has 8 nitrogen and oxygen atoms in total. The summed E-state index contributed by atoms with van der Waals surface area (Å²) in [6.45, 7) is 6.82. The normalized spacial score (nSPS) is 14.3. The zero-order valence-corrected chi connectivity index (χ0v) is 20.7. The smallest absolute Gasteiger partial charge is 0.255 e. The fourth-order valence-electron chi connectivity index (χ4n) is 3.99. The fourth-order valence-corrected chi connectivity index (χ4v) is 5.67. The van der Waals surface area contributed by atoms with Gasteiger partial charge in [0.2, 0.25) is 10.0 Å². The molecule has 1 amide bonds. The van der Waals surface area contributed by atoms with Gasteiger partial charge in [0.25, 0.3) is 5.91 Å². The van der Waals surface area contributed by atoms with Gasteiger partial charge < -0.3 is 19.5 Å². The third-order valence-electron chi connectivity index (χ3n) is 5.62. The first kappa shape index (κ1) is 25.6. The largest absolute Gasteiger partial charge is 0.493 e. The number of methoxy groups -OCH3 is 2. The second-order valence-corrected chi connectivity index (χ2v) is 9.78. The highest BCUT2D eigenvalue weighted by Crippen LogP contribution is 2.34. The van der Waals surface area contributed by atoms with Gasteiger partial charge in [-0.15, -0.1) is 6.58 Å². The Bertz CT molecular complexity index is 1140. The van der Waals surface area contributed by atoms with Crippen LogP contribution in [-0.4, -0.2) is 52.5 Å². The summed E-state index contributed by atoms with van der Waals surface area (Å²) < 4.78 is 44.6. The quantitative estimate of drug-likeness (QED) is 0.502. The highest BCUT2D eigenvalue weighted by Gasteiger charge is 2.29. The van der Waals surface area contributed by atoms with Crippen molar-refractivity contribution in [2.24, 2.45) is 0 Å². The van der Waals surface area contributed by atoms with E-state index in [4.69, 9.17) is 14.2 Å². The molecule has 1 heterocycles. The number of allylic oxidation sites excluding steroid dienone is 1. The molecule has 0 bridgehead atoms. The number of sulfonamides is 1. The Balaban J connectivity index is 1.95. The summed E-state index contributed by atoms with van der Waals surface area (Å²) in [5.41, 5.74) is 1.45. The summed E-state index contributed by atoms with van der Waals surface area (Å²) in [7, 11) is -0.725. The van der Waals surface area contributed by atoms with Gasteiger partial charge in [-0.05, 0) is 56.5 Å². The van der Waals surface area contributed by atoms with E-state index in [2.05, 4.69) is 11.9 Å². The van der Waals surface area contributed by atoms with Crippen LogP contribution in [0.3, 0.4) is 0 Å². The number of piperidine rings is 1. The predicted molar refractivity (Wildman–Crippen MR) is 132 cm³/mol. The minimum atomic E-state index is -3.76. The van der Waals surface area contributed by atoms with Crippen LogP contribution in [0.1, 0.15) is 42.1 Å². The van der Waals surface area contributed by atoms with Crippen LogP contribution in [0.5, 0.6) is 17.2 Å². The van der Waals surface area contributed by atoms with Crippen molar-refractivity contribution >= 4 is 21.6 Å². The molecule has 1 N–H and O–H groups in total. The van der Waals surface area contributed by atoms with Gasteiger partial charge in [0.05, 0.1) is 20.8 Å². The molecule has 2 aromatic rings. The van der Waals surface area contributed by atoms with Gasteiger partial charge in [0.15, 0.2) is 11.5 Å². The first-order valence-electron chi connectivity index (χ1n) is 11.3. The number of nitrogens with zero attached hydrogens (tertiary/aromatic N) is 1. The van der Waals surface area contributed by atoms with Crippen molar-refractivity contribution in [3.63, 3.8) is 0 Å². The zero-order valence-electron chi connectivity index (χ0n) is 19.9. The average molecular weight is 489 g/mol. The number of nitrogens with one attached hydrogen (secondary N) is 1. The van der Waals surface area contributed by atoms with E-state index in [9.17, 15) is 13.2 Å². The summed E-state index contributed by atoms with van der Waals surface area (Å²) in [6.07, 6.45) is 4.86. The lowest BCUT2D eigenvalue weighted by molar-refractivity contribution is 0.102. The molecule has 0 radical (unpaired) electrons. The summed E-state index contributed by atoms with van der Waals surface area (Å²) in [5.74, 6) is 0.823. The van der Waals surface area contributed by atoms with Crippen LogP contribution in [0.4, 0.5) is 5.69 Å². The van der Waals surface area contributed by atoms with Gasteiger partial charge in [-0.3, -0.25) is 4.79 Å². The molecule has 0 saturated carbocycles. The van der Waals surface area contributed by atoms with Crippen molar-refractivity contribution in [1.29, 1.82) is 0 Å².